The van der Waals surface area contributed by atoms with Crippen molar-refractivity contribution in [3.05, 3.63) is 52.5 Å². The zero-order valence-corrected chi connectivity index (χ0v) is 41.8. The third-order valence-electron chi connectivity index (χ3n) is 13.5. The molecule has 2 heterocycles. The SMILES string of the molecule is CC[C@@H](CC(C)C)C(=O)N(C)[C@H](C(=O)C[C@H](C(=O)N(C)[C@@H]([C@@H](C)CC)[C@@H](CC(=O)N1CCC[C@H]1[C@H](OC)[C@@H](C)C(=O)N[C@@H](Cc1ccccc1)c1nccs1)OC)C(C)C)C(C)C. The van der Waals surface area contributed by atoms with Crippen LogP contribution in [0, 0.1) is 41.4 Å². The number of carbonyl (C=O) groups excluding carboxylic acids is 5. The van der Waals surface area contributed by atoms with Gasteiger partial charge in [0.25, 0.3) is 0 Å². The van der Waals surface area contributed by atoms with Crippen molar-refractivity contribution in [2.75, 3.05) is 34.9 Å². The number of Topliss-reactive ketones (excluding diaryl/α,β-unsaturated/α-hetero) is 1. The second kappa shape index (κ2) is 25.7. The molecule has 0 spiro atoms. The number of likely N-dealkylation sites (tertiary alicyclic amines) is 1. The van der Waals surface area contributed by atoms with E-state index in [4.69, 9.17) is 9.47 Å². The summed E-state index contributed by atoms with van der Waals surface area (Å²) in [7, 11) is 6.67. The highest BCUT2D eigenvalue weighted by Crippen LogP contribution is 2.32. The summed E-state index contributed by atoms with van der Waals surface area (Å²) in [5.74, 6) is -1.97. The van der Waals surface area contributed by atoms with Crippen molar-refractivity contribution in [2.45, 2.75) is 157 Å². The Hall–Kier alpha value is -3.68. The number of ether oxygens (including phenoxy) is 2. The largest absolute Gasteiger partial charge is 0.379 e. The molecule has 0 radical (unpaired) electrons. The van der Waals surface area contributed by atoms with Gasteiger partial charge in [0.1, 0.15) is 5.01 Å². The lowest BCUT2D eigenvalue weighted by molar-refractivity contribution is -0.150. The molecular weight excluding hydrogens is 815 g/mol. The Morgan fingerprint density at radius 3 is 2.06 bits per heavy atom. The van der Waals surface area contributed by atoms with E-state index < -0.39 is 36.1 Å². The van der Waals surface area contributed by atoms with E-state index in [1.807, 2.05) is 82.2 Å². The minimum absolute atomic E-state index is 0.00253. The van der Waals surface area contributed by atoms with Crippen LogP contribution in [0.3, 0.4) is 0 Å². The lowest BCUT2D eigenvalue weighted by Crippen LogP contribution is -2.54. The average molecular weight is 896 g/mol. The van der Waals surface area contributed by atoms with E-state index in [-0.39, 0.29) is 78.0 Å². The van der Waals surface area contributed by atoms with Gasteiger partial charge in [0, 0.05) is 64.7 Å². The van der Waals surface area contributed by atoms with Crippen LogP contribution in [-0.2, 0) is 39.9 Å². The third kappa shape index (κ3) is 14.4. The van der Waals surface area contributed by atoms with E-state index in [2.05, 4.69) is 38.0 Å². The summed E-state index contributed by atoms with van der Waals surface area (Å²) in [4.78, 5) is 80.8. The van der Waals surface area contributed by atoms with E-state index in [9.17, 15) is 24.0 Å². The molecule has 13 heteroatoms. The molecule has 1 aromatic carbocycles. The monoisotopic (exact) mass is 896 g/mol. The minimum Gasteiger partial charge on any atom is -0.379 e. The molecule has 2 aromatic rings. The van der Waals surface area contributed by atoms with Crippen molar-refractivity contribution in [1.29, 1.82) is 0 Å². The van der Waals surface area contributed by atoms with E-state index in [1.165, 1.54) is 11.3 Å². The van der Waals surface area contributed by atoms with Crippen LogP contribution >= 0.6 is 11.3 Å². The maximum absolute atomic E-state index is 14.7. The van der Waals surface area contributed by atoms with Crippen molar-refractivity contribution in [3.8, 4) is 0 Å². The van der Waals surface area contributed by atoms with Crippen molar-refractivity contribution in [2.24, 2.45) is 41.4 Å². The van der Waals surface area contributed by atoms with E-state index >= 15 is 0 Å². The lowest BCUT2D eigenvalue weighted by Gasteiger charge is -2.41. The molecule has 63 heavy (non-hydrogen) atoms. The van der Waals surface area contributed by atoms with Gasteiger partial charge in [0.15, 0.2) is 5.78 Å². The fraction of sp³-hybridized carbons (Fsp3) is 0.720. The second-order valence-electron chi connectivity index (χ2n) is 19.1. The normalized spacial score (nSPS) is 18.6. The Balaban J connectivity index is 1.81. The van der Waals surface area contributed by atoms with Crippen molar-refractivity contribution in [1.82, 2.24) is 25.0 Å². The van der Waals surface area contributed by atoms with Gasteiger partial charge >= 0.3 is 0 Å². The molecular formula is C50H81N5O7S. The van der Waals surface area contributed by atoms with Crippen molar-refractivity contribution < 1.29 is 33.4 Å². The predicted molar refractivity (Wildman–Crippen MR) is 252 cm³/mol. The van der Waals surface area contributed by atoms with Crippen LogP contribution in [0.5, 0.6) is 0 Å². The van der Waals surface area contributed by atoms with Gasteiger partial charge in [-0.15, -0.1) is 11.3 Å². The summed E-state index contributed by atoms with van der Waals surface area (Å²) in [6.07, 6.45) is 4.81. The van der Waals surface area contributed by atoms with Gasteiger partial charge in [-0.25, -0.2) is 4.98 Å². The summed E-state index contributed by atoms with van der Waals surface area (Å²) < 4.78 is 12.2. The van der Waals surface area contributed by atoms with Crippen LogP contribution < -0.4 is 5.32 Å². The number of amides is 4. The quantitative estimate of drug-likeness (QED) is 0.0997. The maximum Gasteiger partial charge on any atom is 0.226 e. The molecule has 354 valence electrons. The maximum atomic E-state index is 14.7. The Kier molecular flexibility index (Phi) is 21.9. The van der Waals surface area contributed by atoms with E-state index in [0.29, 0.717) is 31.7 Å². The van der Waals surface area contributed by atoms with Crippen LogP contribution in [0.4, 0.5) is 0 Å². The first-order valence-electron chi connectivity index (χ1n) is 23.5. The zero-order chi connectivity index (χ0) is 47.1. The fourth-order valence-corrected chi connectivity index (χ4v) is 10.4. The van der Waals surface area contributed by atoms with Gasteiger partial charge in [-0.3, -0.25) is 24.0 Å². The number of hydrogen-bond acceptors (Lipinski definition) is 9. The number of thiazole rings is 1. The molecule has 1 aromatic heterocycles. The Morgan fingerprint density at radius 1 is 0.873 bits per heavy atom. The summed E-state index contributed by atoms with van der Waals surface area (Å²) >= 11 is 1.50. The molecule has 0 bridgehead atoms. The number of nitrogens with zero attached hydrogens (tertiary/aromatic N) is 4. The van der Waals surface area contributed by atoms with Crippen LogP contribution in [-0.4, -0.2) is 114 Å². The minimum atomic E-state index is -0.653. The number of hydrogen-bond donors (Lipinski definition) is 1. The number of nitrogens with one attached hydrogen (secondary N) is 1. The molecule has 4 amide bonds. The van der Waals surface area contributed by atoms with Crippen LogP contribution in [0.25, 0.3) is 0 Å². The van der Waals surface area contributed by atoms with Gasteiger partial charge in [0.2, 0.25) is 23.6 Å². The number of methoxy groups -OCH3 is 2. The number of aromatic nitrogens is 1. The summed E-state index contributed by atoms with van der Waals surface area (Å²) in [6, 6.07) is 8.25. The van der Waals surface area contributed by atoms with E-state index in [1.54, 1.807) is 44.3 Å². The first kappa shape index (κ1) is 53.7. The van der Waals surface area contributed by atoms with Crippen molar-refractivity contribution in [3.63, 3.8) is 0 Å². The van der Waals surface area contributed by atoms with Crippen LogP contribution in [0.1, 0.15) is 131 Å². The Morgan fingerprint density at radius 2 is 1.54 bits per heavy atom. The molecule has 3 rings (SSSR count). The number of likely N-dealkylation sites (N-methyl/N-ethyl adjacent to an activating group) is 2. The first-order chi connectivity index (χ1) is 29.8. The average Bonchev–Trinajstić information content (AvgIpc) is 3.98. The predicted octanol–water partition coefficient (Wildman–Crippen LogP) is 8.25. The van der Waals surface area contributed by atoms with Gasteiger partial charge < -0.3 is 29.5 Å². The van der Waals surface area contributed by atoms with Gasteiger partial charge in [-0.2, -0.15) is 0 Å². The molecule has 1 N–H and O–H groups in total. The molecule has 1 saturated heterocycles. The molecule has 10 atom stereocenters. The highest BCUT2D eigenvalue weighted by Gasteiger charge is 2.44. The molecule has 0 unspecified atom stereocenters. The van der Waals surface area contributed by atoms with Gasteiger partial charge in [-0.1, -0.05) is 106 Å². The first-order valence-corrected chi connectivity index (χ1v) is 24.4. The highest BCUT2D eigenvalue weighted by molar-refractivity contribution is 7.09. The van der Waals surface area contributed by atoms with Gasteiger partial charge in [-0.05, 0) is 61.3 Å². The molecule has 0 saturated carbocycles. The Labute approximate surface area is 383 Å². The number of rotatable bonds is 26. The van der Waals surface area contributed by atoms with Crippen molar-refractivity contribution >= 4 is 40.7 Å². The highest BCUT2D eigenvalue weighted by atomic mass is 32.1. The number of ketones is 1. The number of benzene rings is 1. The van der Waals surface area contributed by atoms with Crippen LogP contribution in [0.2, 0.25) is 0 Å². The smallest absolute Gasteiger partial charge is 0.226 e. The van der Waals surface area contributed by atoms with Crippen LogP contribution in [0.15, 0.2) is 41.9 Å². The molecule has 1 aliphatic rings. The second-order valence-corrected chi connectivity index (χ2v) is 20.0. The molecule has 1 fully saturated rings. The van der Waals surface area contributed by atoms with E-state index in [0.717, 1.165) is 29.8 Å². The topological polar surface area (TPSA) is 138 Å². The van der Waals surface area contributed by atoms with Gasteiger partial charge in [0.05, 0.1) is 48.7 Å². The zero-order valence-electron chi connectivity index (χ0n) is 41.0. The Bertz CT molecular complexity index is 1720. The standard InChI is InChI=1S/C50H81N5O7S/c1-15-34(9)45(54(12)50(60)38(32(5)6)29-41(56)44(33(7)8)53(11)49(59)37(16-2)27-31(3)4)42(61-13)30-43(57)55-25-20-23-40(55)46(62-14)35(10)47(58)52-39(48-51-24-26-63-48)28-36-21-18-17-19-22-36/h17-19,21-22,24,26,31-35,37-40,42,44-46H,15-16,20,23,25,27-30H2,1-14H3,(H,52,58)/t34-,35+,37-,38-,39-,40-,42+,44-,45-,46+/m0/s1. The molecule has 1 aliphatic heterocycles. The summed E-state index contributed by atoms with van der Waals surface area (Å²) in [5.41, 5.74) is 1.09. The fourth-order valence-electron chi connectivity index (χ4n) is 9.74. The molecule has 0 aliphatic carbocycles. The third-order valence-corrected chi connectivity index (χ3v) is 14.4. The number of carbonyl (C=O) groups is 5. The lowest BCUT2D eigenvalue weighted by atomic mass is 9.83. The molecule has 12 nitrogen and oxygen atoms in total. The summed E-state index contributed by atoms with van der Waals surface area (Å²) in [5, 5.41) is 5.97. The summed E-state index contributed by atoms with van der Waals surface area (Å²) in [6.45, 7) is 20.5.